The molecule has 0 unspecified atom stereocenters. The monoisotopic (exact) mass is 261 g/mol. The molecule has 1 aromatic heterocycles. The molecule has 0 saturated heterocycles. The number of phenols is 1. The second-order valence-corrected chi connectivity index (χ2v) is 3.80. The second-order valence-electron chi connectivity index (χ2n) is 3.80. The number of pyridine rings is 1. The normalized spacial score (nSPS) is 10.0. The van der Waals surface area contributed by atoms with E-state index in [9.17, 15) is 9.18 Å². The zero-order valence-corrected chi connectivity index (χ0v) is 10.1. The Morgan fingerprint density at radius 3 is 2.68 bits per heavy atom. The lowest BCUT2D eigenvalue weighted by molar-refractivity contribution is 0.0958. The number of nitrogens with zero attached hydrogens (tertiary/aromatic N) is 1. The molecule has 1 amide bonds. The Morgan fingerprint density at radius 2 is 2.00 bits per heavy atom. The van der Waals surface area contributed by atoms with Gasteiger partial charge in [0, 0.05) is 30.7 Å². The number of anilines is 2. The van der Waals surface area contributed by atoms with Gasteiger partial charge in [-0.3, -0.25) is 9.78 Å². The van der Waals surface area contributed by atoms with Gasteiger partial charge < -0.3 is 15.7 Å². The Morgan fingerprint density at radius 1 is 1.26 bits per heavy atom. The average Bonchev–Trinajstić information content (AvgIpc) is 2.42. The molecule has 0 spiro atoms. The van der Waals surface area contributed by atoms with E-state index >= 15 is 0 Å². The van der Waals surface area contributed by atoms with Gasteiger partial charge in [0.2, 0.25) is 0 Å². The molecule has 0 atom stereocenters. The first-order valence-corrected chi connectivity index (χ1v) is 5.54. The first-order valence-electron chi connectivity index (χ1n) is 5.54. The lowest BCUT2D eigenvalue weighted by Crippen LogP contribution is -2.19. The molecular weight excluding hydrogens is 249 g/mol. The molecule has 2 rings (SSSR count). The van der Waals surface area contributed by atoms with Crippen molar-refractivity contribution >= 4 is 17.3 Å². The average molecular weight is 261 g/mol. The number of carbonyl (C=O) groups excluding carboxylic acids is 1. The molecule has 0 aliphatic carbocycles. The van der Waals surface area contributed by atoms with Gasteiger partial charge in [-0.15, -0.1) is 0 Å². The summed E-state index contributed by atoms with van der Waals surface area (Å²) in [5.41, 5.74) is 1.31. The van der Waals surface area contributed by atoms with Crippen molar-refractivity contribution < 1.29 is 14.3 Å². The van der Waals surface area contributed by atoms with E-state index in [0.29, 0.717) is 11.4 Å². The lowest BCUT2D eigenvalue weighted by Gasteiger charge is -2.08. The van der Waals surface area contributed by atoms with Crippen LogP contribution < -0.4 is 10.6 Å². The lowest BCUT2D eigenvalue weighted by atomic mass is 10.2. The van der Waals surface area contributed by atoms with Crippen LogP contribution in [0.2, 0.25) is 0 Å². The molecule has 5 nitrogen and oxygen atoms in total. The van der Waals surface area contributed by atoms with E-state index in [4.69, 9.17) is 5.11 Å². The van der Waals surface area contributed by atoms with Crippen molar-refractivity contribution in [2.75, 3.05) is 12.4 Å². The minimum atomic E-state index is -0.717. The number of halogens is 1. The molecule has 2 aromatic rings. The molecule has 19 heavy (non-hydrogen) atoms. The van der Waals surface area contributed by atoms with Crippen LogP contribution in [0, 0.1) is 5.82 Å². The number of carbonyl (C=O) groups is 1. The highest BCUT2D eigenvalue weighted by Crippen LogP contribution is 2.22. The Balaban J connectivity index is 2.23. The standard InChI is InChI=1S/C13H12FN3O2/c1-15-13(19)11-7-9(4-5-16-11)17-8-2-3-12(18)10(14)6-8/h2-7,18H,1H3,(H,15,19)(H,16,17). The fourth-order valence-electron chi connectivity index (χ4n) is 1.51. The van der Waals surface area contributed by atoms with Crippen LogP contribution in [-0.4, -0.2) is 23.0 Å². The minimum absolute atomic E-state index is 0.256. The molecule has 3 N–H and O–H groups in total. The Labute approximate surface area is 109 Å². The molecule has 6 heteroatoms. The van der Waals surface area contributed by atoms with Gasteiger partial charge in [-0.25, -0.2) is 4.39 Å². The van der Waals surface area contributed by atoms with Gasteiger partial charge in [-0.2, -0.15) is 0 Å². The van der Waals surface area contributed by atoms with Crippen LogP contribution in [0.15, 0.2) is 36.5 Å². The van der Waals surface area contributed by atoms with E-state index in [1.165, 1.54) is 25.4 Å². The largest absolute Gasteiger partial charge is 0.505 e. The first kappa shape index (κ1) is 12.8. The smallest absolute Gasteiger partial charge is 0.269 e. The zero-order valence-electron chi connectivity index (χ0n) is 10.1. The number of rotatable bonds is 3. The van der Waals surface area contributed by atoms with Gasteiger partial charge in [-0.1, -0.05) is 0 Å². The third kappa shape index (κ3) is 2.98. The van der Waals surface area contributed by atoms with Gasteiger partial charge in [-0.05, 0) is 24.3 Å². The second kappa shape index (κ2) is 5.34. The van der Waals surface area contributed by atoms with Crippen molar-refractivity contribution in [1.82, 2.24) is 10.3 Å². The highest BCUT2D eigenvalue weighted by atomic mass is 19.1. The number of aromatic hydroxyl groups is 1. The van der Waals surface area contributed by atoms with E-state index in [2.05, 4.69) is 15.6 Å². The predicted molar refractivity (Wildman–Crippen MR) is 69.0 cm³/mol. The zero-order chi connectivity index (χ0) is 13.8. The number of hydrogen-bond acceptors (Lipinski definition) is 4. The summed E-state index contributed by atoms with van der Waals surface area (Å²) >= 11 is 0. The number of nitrogens with one attached hydrogen (secondary N) is 2. The fraction of sp³-hybridized carbons (Fsp3) is 0.0769. The number of amides is 1. The molecule has 0 saturated carbocycles. The molecule has 0 bridgehead atoms. The van der Waals surface area contributed by atoms with Crippen molar-refractivity contribution in [3.63, 3.8) is 0 Å². The van der Waals surface area contributed by atoms with Crippen LogP contribution in [0.1, 0.15) is 10.5 Å². The van der Waals surface area contributed by atoms with Crippen LogP contribution in [0.5, 0.6) is 5.75 Å². The molecule has 98 valence electrons. The van der Waals surface area contributed by atoms with Crippen LogP contribution in [0.3, 0.4) is 0 Å². The van der Waals surface area contributed by atoms with Crippen molar-refractivity contribution in [2.24, 2.45) is 0 Å². The first-order chi connectivity index (χ1) is 9.10. The van der Waals surface area contributed by atoms with Crippen LogP contribution in [0.25, 0.3) is 0 Å². The van der Waals surface area contributed by atoms with E-state index in [0.717, 1.165) is 6.07 Å². The van der Waals surface area contributed by atoms with Crippen molar-refractivity contribution in [1.29, 1.82) is 0 Å². The van der Waals surface area contributed by atoms with Crippen molar-refractivity contribution in [3.8, 4) is 5.75 Å². The molecule has 0 aliphatic rings. The molecule has 0 radical (unpaired) electrons. The summed E-state index contributed by atoms with van der Waals surface area (Å²) in [6, 6.07) is 7.13. The van der Waals surface area contributed by atoms with Crippen LogP contribution in [-0.2, 0) is 0 Å². The van der Waals surface area contributed by atoms with E-state index in [1.54, 1.807) is 12.1 Å². The summed E-state index contributed by atoms with van der Waals surface area (Å²) in [5.74, 6) is -1.43. The van der Waals surface area contributed by atoms with Gasteiger partial charge in [0.05, 0.1) is 0 Å². The van der Waals surface area contributed by atoms with E-state index in [-0.39, 0.29) is 11.6 Å². The van der Waals surface area contributed by atoms with Crippen molar-refractivity contribution in [2.45, 2.75) is 0 Å². The van der Waals surface area contributed by atoms with Crippen LogP contribution >= 0.6 is 0 Å². The van der Waals surface area contributed by atoms with Gasteiger partial charge in [0.15, 0.2) is 11.6 Å². The quantitative estimate of drug-likeness (QED) is 0.739. The topological polar surface area (TPSA) is 74.2 Å². The maximum absolute atomic E-state index is 13.2. The minimum Gasteiger partial charge on any atom is -0.505 e. The predicted octanol–water partition coefficient (Wildman–Crippen LogP) is 2.03. The van der Waals surface area contributed by atoms with Gasteiger partial charge >= 0.3 is 0 Å². The maximum Gasteiger partial charge on any atom is 0.269 e. The molecule has 1 aromatic carbocycles. The highest BCUT2D eigenvalue weighted by Gasteiger charge is 2.06. The Kier molecular flexibility index (Phi) is 3.61. The van der Waals surface area contributed by atoms with E-state index in [1.807, 2.05) is 0 Å². The number of hydrogen-bond donors (Lipinski definition) is 3. The Hall–Kier alpha value is -2.63. The molecule has 0 fully saturated rings. The van der Waals surface area contributed by atoms with Crippen LogP contribution in [0.4, 0.5) is 15.8 Å². The maximum atomic E-state index is 13.2. The van der Waals surface area contributed by atoms with Gasteiger partial charge in [0.25, 0.3) is 5.91 Å². The number of phenolic OH excluding ortho intramolecular Hbond substituents is 1. The summed E-state index contributed by atoms with van der Waals surface area (Å²) in [5, 5.41) is 14.5. The number of benzene rings is 1. The SMILES string of the molecule is CNC(=O)c1cc(Nc2ccc(O)c(F)c2)ccn1. The highest BCUT2D eigenvalue weighted by molar-refractivity contribution is 5.93. The Bertz CT molecular complexity index is 617. The van der Waals surface area contributed by atoms with Crippen molar-refractivity contribution in [3.05, 3.63) is 48.0 Å². The fourth-order valence-corrected chi connectivity index (χ4v) is 1.51. The number of aromatic nitrogens is 1. The summed E-state index contributed by atoms with van der Waals surface area (Å²) in [6.45, 7) is 0. The molecule has 0 aliphatic heterocycles. The third-order valence-corrected chi connectivity index (χ3v) is 2.46. The summed E-state index contributed by atoms with van der Waals surface area (Å²) in [6.07, 6.45) is 1.48. The summed E-state index contributed by atoms with van der Waals surface area (Å²) in [4.78, 5) is 15.3. The molecule has 1 heterocycles. The summed E-state index contributed by atoms with van der Waals surface area (Å²) < 4.78 is 13.2. The van der Waals surface area contributed by atoms with E-state index < -0.39 is 11.6 Å². The van der Waals surface area contributed by atoms with Gasteiger partial charge in [0.1, 0.15) is 5.69 Å². The third-order valence-electron chi connectivity index (χ3n) is 2.46. The summed E-state index contributed by atoms with van der Waals surface area (Å²) in [7, 11) is 1.51. The molecular formula is C13H12FN3O2.